The molecule has 0 unspecified atom stereocenters. The number of nitrogens with zero attached hydrogens (tertiary/aromatic N) is 6. The zero-order chi connectivity index (χ0) is 29.3. The highest BCUT2D eigenvalue weighted by Gasteiger charge is 2.29. The summed E-state index contributed by atoms with van der Waals surface area (Å²) in [5, 5.41) is 2.57. The molecule has 2 saturated carbocycles. The van der Waals surface area contributed by atoms with Crippen molar-refractivity contribution in [1.29, 1.82) is 0 Å². The quantitative estimate of drug-likeness (QED) is 0.199. The number of halogens is 2. The molecule has 4 aromatic heterocycles. The fourth-order valence-electron chi connectivity index (χ4n) is 5.51. The summed E-state index contributed by atoms with van der Waals surface area (Å²) in [6, 6.07) is 7.61. The van der Waals surface area contributed by atoms with E-state index in [2.05, 4.69) is 34.7 Å². The van der Waals surface area contributed by atoms with Crippen molar-refractivity contribution in [3.8, 4) is 0 Å². The Morgan fingerprint density at radius 1 is 0.795 bits per heavy atom. The molecule has 0 spiro atoms. The fraction of sp³-hybridized carbons (Fsp3) is 0.423. The minimum atomic E-state index is -4.45. The lowest BCUT2D eigenvalue weighted by atomic mass is 9.92. The molecule has 44 heavy (non-hydrogen) atoms. The van der Waals surface area contributed by atoms with Gasteiger partial charge in [-0.3, -0.25) is 9.44 Å². The minimum Gasteiger partial charge on any atom is -0.351 e. The zero-order valence-electron chi connectivity index (χ0n) is 23.5. The van der Waals surface area contributed by atoms with E-state index >= 15 is 0 Å². The van der Waals surface area contributed by atoms with Gasteiger partial charge in [0, 0.05) is 30.5 Å². The average Bonchev–Trinajstić information content (AvgIpc) is 3.65. The molecule has 14 nitrogen and oxygen atoms in total. The molecule has 0 aliphatic heterocycles. The highest BCUT2D eigenvalue weighted by Crippen LogP contribution is 2.34. The molecule has 0 bridgehead atoms. The lowest BCUT2D eigenvalue weighted by molar-refractivity contribution is 0.410. The SMILES string of the molecule is Cl.Cl.NC1CCC(Nc2nc(NS(=O)(=O)c3ncccc3NS(=O)(=O)c3ccccn3)c3ncn(C4CCCC4)c3n2)CC1. The third-order valence-corrected chi connectivity index (χ3v) is 10.2. The Morgan fingerprint density at radius 2 is 1.52 bits per heavy atom. The van der Waals surface area contributed by atoms with Crippen molar-refractivity contribution in [3.63, 3.8) is 0 Å². The van der Waals surface area contributed by atoms with Crippen LogP contribution < -0.4 is 20.5 Å². The van der Waals surface area contributed by atoms with Crippen molar-refractivity contribution >= 4 is 73.5 Å². The van der Waals surface area contributed by atoms with Crippen LogP contribution in [0.15, 0.2) is 59.1 Å². The minimum absolute atomic E-state index is 0. The summed E-state index contributed by atoms with van der Waals surface area (Å²) < 4.78 is 60.1. The molecular weight excluding hydrogens is 651 g/mol. The monoisotopic (exact) mass is 684 g/mol. The lowest BCUT2D eigenvalue weighted by Crippen LogP contribution is -2.33. The Hall–Kier alpha value is -3.31. The molecule has 6 rings (SSSR count). The van der Waals surface area contributed by atoms with Crippen LogP contribution in [-0.2, 0) is 20.0 Å². The number of fused-ring (bicyclic) bond motifs is 1. The van der Waals surface area contributed by atoms with Crippen LogP contribution in [0, 0.1) is 0 Å². The summed E-state index contributed by atoms with van der Waals surface area (Å²) in [6.45, 7) is 0. The number of sulfonamides is 2. The summed E-state index contributed by atoms with van der Waals surface area (Å²) in [5.74, 6) is 0.244. The number of imidazole rings is 1. The van der Waals surface area contributed by atoms with E-state index < -0.39 is 25.1 Å². The summed E-state index contributed by atoms with van der Waals surface area (Å²) in [4.78, 5) is 21.6. The van der Waals surface area contributed by atoms with Crippen molar-refractivity contribution in [3.05, 3.63) is 49.1 Å². The van der Waals surface area contributed by atoms with Gasteiger partial charge in [-0.2, -0.15) is 26.8 Å². The Labute approximate surface area is 268 Å². The number of nitrogens with one attached hydrogen (secondary N) is 3. The topological polar surface area (TPSA) is 200 Å². The molecule has 5 N–H and O–H groups in total. The predicted octanol–water partition coefficient (Wildman–Crippen LogP) is 3.86. The van der Waals surface area contributed by atoms with Crippen molar-refractivity contribution < 1.29 is 16.8 Å². The highest BCUT2D eigenvalue weighted by molar-refractivity contribution is 7.93. The first kappa shape index (κ1) is 33.6. The first-order valence-corrected chi connectivity index (χ1v) is 16.8. The van der Waals surface area contributed by atoms with Crippen molar-refractivity contribution in [2.45, 2.75) is 79.5 Å². The van der Waals surface area contributed by atoms with E-state index in [0.717, 1.165) is 51.4 Å². The van der Waals surface area contributed by atoms with Gasteiger partial charge in [0.2, 0.25) is 5.95 Å². The highest BCUT2D eigenvalue weighted by atomic mass is 35.5. The van der Waals surface area contributed by atoms with E-state index in [1.807, 2.05) is 4.57 Å². The van der Waals surface area contributed by atoms with Crippen LogP contribution in [0.1, 0.15) is 57.4 Å². The maximum absolute atomic E-state index is 13.7. The molecule has 0 atom stereocenters. The molecule has 2 aliphatic rings. The third-order valence-electron chi connectivity index (χ3n) is 7.66. The molecular formula is C26H34Cl2N10O4S2. The van der Waals surface area contributed by atoms with Crippen LogP contribution in [0.25, 0.3) is 11.2 Å². The van der Waals surface area contributed by atoms with Crippen molar-refractivity contribution in [2.24, 2.45) is 5.73 Å². The Kier molecular flexibility index (Phi) is 10.5. The zero-order valence-corrected chi connectivity index (χ0v) is 26.8. The van der Waals surface area contributed by atoms with Gasteiger partial charge in [0.15, 0.2) is 27.0 Å². The second-order valence-electron chi connectivity index (χ2n) is 10.6. The van der Waals surface area contributed by atoms with E-state index in [-0.39, 0.29) is 70.9 Å². The second-order valence-corrected chi connectivity index (χ2v) is 13.9. The van der Waals surface area contributed by atoms with E-state index in [1.165, 1.54) is 36.7 Å². The summed E-state index contributed by atoms with van der Waals surface area (Å²) >= 11 is 0. The third kappa shape index (κ3) is 7.15. The molecule has 0 amide bonds. The van der Waals surface area contributed by atoms with E-state index in [4.69, 9.17) is 10.7 Å². The molecule has 4 heterocycles. The number of anilines is 3. The van der Waals surface area contributed by atoms with Gasteiger partial charge < -0.3 is 15.6 Å². The number of aromatic nitrogens is 6. The number of nitrogens with two attached hydrogens (primary N) is 1. The smallest absolute Gasteiger partial charge is 0.282 e. The first-order valence-electron chi connectivity index (χ1n) is 13.9. The van der Waals surface area contributed by atoms with Crippen molar-refractivity contribution in [2.75, 3.05) is 14.8 Å². The van der Waals surface area contributed by atoms with Gasteiger partial charge >= 0.3 is 0 Å². The fourth-order valence-corrected chi connectivity index (χ4v) is 7.69. The molecule has 4 aromatic rings. The molecule has 0 aromatic carbocycles. The number of hydrogen-bond donors (Lipinski definition) is 4. The number of rotatable bonds is 9. The predicted molar refractivity (Wildman–Crippen MR) is 171 cm³/mol. The van der Waals surface area contributed by atoms with Gasteiger partial charge in [0.05, 0.1) is 12.0 Å². The van der Waals surface area contributed by atoms with E-state index in [0.29, 0.717) is 5.65 Å². The van der Waals surface area contributed by atoms with Crippen LogP contribution in [0.4, 0.5) is 17.5 Å². The molecule has 0 saturated heterocycles. The maximum Gasteiger partial charge on any atom is 0.282 e. The number of hydrogen-bond acceptors (Lipinski definition) is 11. The normalized spacial score (nSPS) is 19.1. The summed E-state index contributed by atoms with van der Waals surface area (Å²) in [6.07, 6.45) is 11.8. The van der Waals surface area contributed by atoms with Gasteiger partial charge in [-0.25, -0.2) is 15.0 Å². The van der Waals surface area contributed by atoms with Gasteiger partial charge in [-0.05, 0) is 62.8 Å². The van der Waals surface area contributed by atoms with Gasteiger partial charge in [0.1, 0.15) is 0 Å². The Morgan fingerprint density at radius 3 is 2.23 bits per heavy atom. The maximum atomic E-state index is 13.7. The first-order chi connectivity index (χ1) is 20.2. The molecule has 2 fully saturated rings. The molecule has 18 heteroatoms. The molecule has 2 aliphatic carbocycles. The summed E-state index contributed by atoms with van der Waals surface area (Å²) in [7, 11) is -8.64. The van der Waals surface area contributed by atoms with Gasteiger partial charge in [0.25, 0.3) is 20.0 Å². The van der Waals surface area contributed by atoms with Crippen LogP contribution >= 0.6 is 24.8 Å². The van der Waals surface area contributed by atoms with Gasteiger partial charge in [-0.15, -0.1) is 24.8 Å². The van der Waals surface area contributed by atoms with Gasteiger partial charge in [-0.1, -0.05) is 18.9 Å². The van der Waals surface area contributed by atoms with E-state index in [9.17, 15) is 16.8 Å². The van der Waals surface area contributed by atoms with Crippen LogP contribution in [-0.4, -0.2) is 58.4 Å². The molecule has 0 radical (unpaired) electrons. The lowest BCUT2D eigenvalue weighted by Gasteiger charge is -2.27. The van der Waals surface area contributed by atoms with E-state index in [1.54, 1.807) is 12.4 Å². The summed E-state index contributed by atoms with van der Waals surface area (Å²) in [5.41, 5.74) is 6.63. The largest absolute Gasteiger partial charge is 0.351 e. The average molecular weight is 686 g/mol. The standard InChI is InChI=1S/C26H32N10O4S2.2ClH/c27-17-10-12-18(13-11-17)31-26-32-23(22-24(33-26)36(16-30-22)19-6-1-2-7-19)35-42(39,40)25-20(8-5-15-29-25)34-41(37,38)21-9-3-4-14-28-21;;/h3-5,8-9,14-19,34H,1-2,6-7,10-13,27H2,(H2,31,32,33,35);2*1H. The Balaban J connectivity index is 0.00000221. The number of pyridine rings is 2. The second kappa shape index (κ2) is 13.8. The van der Waals surface area contributed by atoms with Crippen LogP contribution in [0.3, 0.4) is 0 Å². The van der Waals surface area contributed by atoms with Crippen molar-refractivity contribution in [1.82, 2.24) is 29.5 Å². The van der Waals surface area contributed by atoms with Crippen LogP contribution in [0.2, 0.25) is 0 Å². The van der Waals surface area contributed by atoms with Crippen LogP contribution in [0.5, 0.6) is 0 Å². The Bertz CT molecular complexity index is 1800. The molecule has 238 valence electrons.